The minimum Gasteiger partial charge on any atom is -0.497 e. The molecule has 0 radical (unpaired) electrons. The first kappa shape index (κ1) is 30.9. The smallest absolute Gasteiger partial charge is 0.416 e. The quantitative estimate of drug-likeness (QED) is 0.332. The van der Waals surface area contributed by atoms with E-state index in [0.29, 0.717) is 0 Å². The summed E-state index contributed by atoms with van der Waals surface area (Å²) < 4.78 is 42.5. The number of hydrogen-bond donors (Lipinski definition) is 0. The van der Waals surface area contributed by atoms with Gasteiger partial charge in [0.2, 0.25) is 0 Å². The standard InChI is InChI=1S/C25H32N6O.C7H5F3/c1-20-7-4-5-8-21(2)25(20)31-24(26-27-28-31)19-30-17-15-29(16-18-30)14-6-9-22-10-12-23(32-3)13-11-22;8-7(9,10)6-4-2-1-3-5-6/h4-13,20H,14-19H2,1-3H3;1-5H/b9-6+;. The molecule has 1 atom stereocenters. The lowest BCUT2D eigenvalue weighted by Gasteiger charge is -2.33. The number of tetrazole rings is 1. The number of rotatable bonds is 7. The Bertz CT molecular complexity index is 1390. The van der Waals surface area contributed by atoms with E-state index in [2.05, 4.69) is 87.8 Å². The molecule has 1 unspecified atom stereocenters. The highest BCUT2D eigenvalue weighted by molar-refractivity contribution is 5.59. The second-order valence-electron chi connectivity index (χ2n) is 10.2. The van der Waals surface area contributed by atoms with Crippen molar-refractivity contribution in [2.45, 2.75) is 26.6 Å². The number of alkyl halides is 3. The van der Waals surface area contributed by atoms with E-state index in [4.69, 9.17) is 4.74 Å². The molecule has 0 bridgehead atoms. The van der Waals surface area contributed by atoms with Gasteiger partial charge in [-0.3, -0.25) is 9.80 Å². The molecule has 0 spiro atoms. The van der Waals surface area contributed by atoms with Crippen molar-refractivity contribution < 1.29 is 17.9 Å². The van der Waals surface area contributed by atoms with E-state index < -0.39 is 11.7 Å². The molecule has 1 fully saturated rings. The third-order valence-electron chi connectivity index (χ3n) is 7.18. The van der Waals surface area contributed by atoms with Crippen molar-refractivity contribution in [2.75, 3.05) is 39.8 Å². The maximum atomic E-state index is 11.8. The largest absolute Gasteiger partial charge is 0.497 e. The molecule has 5 rings (SSSR count). The van der Waals surface area contributed by atoms with E-state index in [1.54, 1.807) is 13.2 Å². The first-order chi connectivity index (χ1) is 20.2. The van der Waals surface area contributed by atoms with Gasteiger partial charge in [0.1, 0.15) is 5.75 Å². The van der Waals surface area contributed by atoms with Gasteiger partial charge in [-0.1, -0.05) is 85.8 Å². The van der Waals surface area contributed by atoms with Crippen molar-refractivity contribution in [3.05, 3.63) is 108 Å². The number of benzene rings is 2. The Balaban J connectivity index is 0.000000343. The van der Waals surface area contributed by atoms with Gasteiger partial charge in [-0.2, -0.15) is 17.9 Å². The van der Waals surface area contributed by atoms with Crippen LogP contribution < -0.4 is 4.74 Å². The summed E-state index contributed by atoms with van der Waals surface area (Å²) in [6, 6.07) is 14.5. The topological polar surface area (TPSA) is 59.3 Å². The molecule has 7 nitrogen and oxygen atoms in total. The Labute approximate surface area is 245 Å². The van der Waals surface area contributed by atoms with Gasteiger partial charge >= 0.3 is 6.18 Å². The van der Waals surface area contributed by atoms with E-state index in [1.165, 1.54) is 23.3 Å². The highest BCUT2D eigenvalue weighted by Crippen LogP contribution is 2.28. The molecule has 1 aliphatic carbocycles. The van der Waals surface area contributed by atoms with Gasteiger partial charge in [-0.15, -0.1) is 5.10 Å². The lowest BCUT2D eigenvalue weighted by Crippen LogP contribution is -2.46. The molecule has 42 heavy (non-hydrogen) atoms. The average molecular weight is 579 g/mol. The van der Waals surface area contributed by atoms with Crippen LogP contribution in [0.4, 0.5) is 13.2 Å². The molecule has 0 amide bonds. The first-order valence-electron chi connectivity index (χ1n) is 14.0. The van der Waals surface area contributed by atoms with Crippen LogP contribution in [-0.4, -0.2) is 69.8 Å². The third kappa shape index (κ3) is 8.74. The summed E-state index contributed by atoms with van der Waals surface area (Å²) in [5.41, 5.74) is 2.94. The molecule has 0 saturated carbocycles. The van der Waals surface area contributed by atoms with Gasteiger partial charge in [0, 0.05) is 38.6 Å². The molecule has 10 heteroatoms. The fraction of sp³-hybridized carbons (Fsp3) is 0.344. The summed E-state index contributed by atoms with van der Waals surface area (Å²) >= 11 is 0. The normalized spacial score (nSPS) is 18.2. The molecular formula is C32H37F3N6O. The van der Waals surface area contributed by atoms with E-state index in [0.717, 1.165) is 68.7 Å². The van der Waals surface area contributed by atoms with Crippen LogP contribution in [0.3, 0.4) is 0 Å². The fourth-order valence-electron chi connectivity index (χ4n) is 4.83. The van der Waals surface area contributed by atoms with Crippen molar-refractivity contribution in [3.8, 4) is 5.75 Å². The average Bonchev–Trinajstić information content (AvgIpc) is 3.37. The van der Waals surface area contributed by atoms with Crippen molar-refractivity contribution in [3.63, 3.8) is 0 Å². The molecule has 222 valence electrons. The van der Waals surface area contributed by atoms with Crippen molar-refractivity contribution in [1.29, 1.82) is 0 Å². The maximum absolute atomic E-state index is 11.8. The van der Waals surface area contributed by atoms with E-state index in [9.17, 15) is 13.2 Å². The van der Waals surface area contributed by atoms with Crippen molar-refractivity contribution in [1.82, 2.24) is 30.0 Å². The van der Waals surface area contributed by atoms with Crippen LogP contribution in [0.1, 0.15) is 30.8 Å². The van der Waals surface area contributed by atoms with Gasteiger partial charge in [0.15, 0.2) is 5.82 Å². The lowest BCUT2D eigenvalue weighted by molar-refractivity contribution is -0.137. The van der Waals surface area contributed by atoms with Crippen LogP contribution in [0.25, 0.3) is 11.8 Å². The van der Waals surface area contributed by atoms with Gasteiger partial charge in [0.05, 0.1) is 24.9 Å². The molecule has 3 aromatic rings. The Morgan fingerprint density at radius 2 is 1.64 bits per heavy atom. The molecular weight excluding hydrogens is 541 g/mol. The van der Waals surface area contributed by atoms with Crippen molar-refractivity contribution >= 4 is 11.8 Å². The van der Waals surface area contributed by atoms with Gasteiger partial charge in [-0.05, 0) is 40.6 Å². The number of piperazine rings is 1. The molecule has 1 aliphatic heterocycles. The third-order valence-corrected chi connectivity index (χ3v) is 7.18. The number of ether oxygens (including phenoxy) is 1. The fourth-order valence-corrected chi connectivity index (χ4v) is 4.83. The molecule has 2 heterocycles. The van der Waals surface area contributed by atoms with Gasteiger partial charge in [-0.25, -0.2) is 0 Å². The highest BCUT2D eigenvalue weighted by atomic mass is 19.4. The van der Waals surface area contributed by atoms with Crippen LogP contribution in [0, 0.1) is 5.92 Å². The van der Waals surface area contributed by atoms with E-state index in [-0.39, 0.29) is 5.92 Å². The van der Waals surface area contributed by atoms with Crippen LogP contribution in [0.2, 0.25) is 0 Å². The predicted molar refractivity (Wildman–Crippen MR) is 159 cm³/mol. The second kappa shape index (κ2) is 14.7. The minimum absolute atomic E-state index is 0.265. The Hall–Kier alpha value is -4.02. The number of aromatic nitrogens is 4. The second-order valence-corrected chi connectivity index (χ2v) is 10.2. The summed E-state index contributed by atoms with van der Waals surface area (Å²) in [5.74, 6) is 2.06. The van der Waals surface area contributed by atoms with Gasteiger partial charge in [0.25, 0.3) is 0 Å². The summed E-state index contributed by atoms with van der Waals surface area (Å²) in [5, 5.41) is 12.6. The predicted octanol–water partition coefficient (Wildman–Crippen LogP) is 6.21. The Morgan fingerprint density at radius 1 is 0.952 bits per heavy atom. The van der Waals surface area contributed by atoms with E-state index >= 15 is 0 Å². The zero-order valence-corrected chi connectivity index (χ0v) is 24.2. The summed E-state index contributed by atoms with van der Waals surface area (Å²) in [7, 11) is 1.69. The summed E-state index contributed by atoms with van der Waals surface area (Å²) in [6.45, 7) is 10.1. The SMILES string of the molecule is COc1ccc(/C=C/CN2CCN(Cc3nnnn3C3=C(C)C=CC=CC3C)CC2)cc1.FC(F)(F)c1ccccc1. The number of allylic oxidation sites excluding steroid dienone is 6. The summed E-state index contributed by atoms with van der Waals surface area (Å²) in [6.07, 6.45) is 8.68. The van der Waals surface area contributed by atoms with E-state index in [1.807, 2.05) is 16.8 Å². The Kier molecular flexibility index (Phi) is 10.9. The maximum Gasteiger partial charge on any atom is 0.416 e. The summed E-state index contributed by atoms with van der Waals surface area (Å²) in [4.78, 5) is 4.92. The molecule has 2 aromatic carbocycles. The molecule has 1 aromatic heterocycles. The number of hydrogen-bond acceptors (Lipinski definition) is 6. The van der Waals surface area contributed by atoms with Crippen LogP contribution in [-0.2, 0) is 12.7 Å². The zero-order valence-electron chi connectivity index (χ0n) is 24.2. The lowest BCUT2D eigenvalue weighted by atomic mass is 10.0. The van der Waals surface area contributed by atoms with Crippen LogP contribution >= 0.6 is 0 Å². The number of methoxy groups -OCH3 is 1. The van der Waals surface area contributed by atoms with Gasteiger partial charge < -0.3 is 4.74 Å². The molecule has 2 aliphatic rings. The van der Waals surface area contributed by atoms with Crippen LogP contribution in [0.5, 0.6) is 5.75 Å². The zero-order chi connectivity index (χ0) is 30.0. The number of nitrogens with zero attached hydrogens (tertiary/aromatic N) is 6. The molecule has 1 saturated heterocycles. The first-order valence-corrected chi connectivity index (χ1v) is 14.0. The monoisotopic (exact) mass is 578 g/mol. The van der Waals surface area contributed by atoms with Crippen LogP contribution in [0.15, 0.2) is 90.6 Å². The Morgan fingerprint density at radius 3 is 2.29 bits per heavy atom. The minimum atomic E-state index is -4.21. The number of halogens is 3. The highest BCUT2D eigenvalue weighted by Gasteiger charge is 2.29. The van der Waals surface area contributed by atoms with Crippen molar-refractivity contribution in [2.24, 2.45) is 5.92 Å². The molecule has 0 N–H and O–H groups in total.